The first-order chi connectivity index (χ1) is 27.8. The summed E-state index contributed by atoms with van der Waals surface area (Å²) in [6.07, 6.45) is 1.93. The molecule has 56 heavy (non-hydrogen) atoms. The maximum absolute atomic E-state index is 5.33. The first-order valence-corrected chi connectivity index (χ1v) is 19.1. The summed E-state index contributed by atoms with van der Waals surface area (Å²) in [5.41, 5.74) is 13.1. The predicted molar refractivity (Wildman–Crippen MR) is 234 cm³/mol. The molecule has 3 heterocycles. The van der Waals surface area contributed by atoms with Crippen molar-refractivity contribution in [1.29, 1.82) is 0 Å². The van der Waals surface area contributed by atoms with Gasteiger partial charge in [-0.25, -0.2) is 4.98 Å². The van der Waals surface area contributed by atoms with Crippen LogP contribution < -0.4 is 0 Å². The molecule has 0 radical (unpaired) electrons. The summed E-state index contributed by atoms with van der Waals surface area (Å²) in [4.78, 5) is 10.4. The van der Waals surface area contributed by atoms with Gasteiger partial charge >= 0.3 is 0 Å². The summed E-state index contributed by atoms with van der Waals surface area (Å²) in [5.74, 6) is 0. The van der Waals surface area contributed by atoms with Crippen LogP contribution in [0.25, 0.3) is 110 Å². The van der Waals surface area contributed by atoms with Crippen LogP contribution in [0.15, 0.2) is 194 Å². The Labute approximate surface area is 322 Å². The van der Waals surface area contributed by atoms with E-state index in [2.05, 4.69) is 197 Å². The molecule has 3 aromatic heterocycles. The second-order valence-electron chi connectivity index (χ2n) is 14.6. The van der Waals surface area contributed by atoms with Gasteiger partial charge in [0.2, 0.25) is 0 Å². The maximum Gasteiger partial charge on any atom is 0.0979 e. The lowest BCUT2D eigenvalue weighted by atomic mass is 9.99. The van der Waals surface area contributed by atoms with E-state index in [1.54, 1.807) is 0 Å². The van der Waals surface area contributed by atoms with Crippen molar-refractivity contribution in [3.05, 3.63) is 194 Å². The van der Waals surface area contributed by atoms with Crippen molar-refractivity contribution in [2.45, 2.75) is 0 Å². The number of hydrogen-bond acceptors (Lipinski definition) is 2. The highest BCUT2D eigenvalue weighted by molar-refractivity contribution is 6.23. The molecule has 0 fully saturated rings. The number of rotatable bonds is 4. The third kappa shape index (κ3) is 4.53. The van der Waals surface area contributed by atoms with Gasteiger partial charge in [0.1, 0.15) is 0 Å². The van der Waals surface area contributed by atoms with Crippen LogP contribution in [0.1, 0.15) is 0 Å². The average Bonchev–Trinajstić information content (AvgIpc) is 3.78. The van der Waals surface area contributed by atoms with Crippen LogP contribution in [0, 0.1) is 0 Å². The predicted octanol–water partition coefficient (Wildman–Crippen LogP) is 13.5. The monoisotopic (exact) mass is 712 g/mol. The molecule has 0 N–H and O–H groups in total. The van der Waals surface area contributed by atoms with E-state index >= 15 is 0 Å². The van der Waals surface area contributed by atoms with E-state index in [1.807, 2.05) is 6.20 Å². The molecule has 0 amide bonds. The van der Waals surface area contributed by atoms with Crippen molar-refractivity contribution in [1.82, 2.24) is 19.1 Å². The van der Waals surface area contributed by atoms with E-state index in [4.69, 9.17) is 9.97 Å². The van der Waals surface area contributed by atoms with Crippen LogP contribution in [0.3, 0.4) is 0 Å². The molecular formula is C52H32N4. The Morgan fingerprint density at radius 1 is 0.304 bits per heavy atom. The van der Waals surface area contributed by atoms with Gasteiger partial charge in [0.25, 0.3) is 0 Å². The molecule has 260 valence electrons. The number of aromatic nitrogens is 4. The van der Waals surface area contributed by atoms with Crippen molar-refractivity contribution in [2.75, 3.05) is 0 Å². The largest absolute Gasteiger partial charge is 0.309 e. The smallest absolute Gasteiger partial charge is 0.0979 e. The van der Waals surface area contributed by atoms with Crippen LogP contribution in [-0.4, -0.2) is 19.1 Å². The van der Waals surface area contributed by atoms with Crippen molar-refractivity contribution in [3.8, 4) is 33.8 Å². The van der Waals surface area contributed by atoms with Gasteiger partial charge < -0.3 is 9.13 Å². The van der Waals surface area contributed by atoms with Crippen LogP contribution in [0.4, 0.5) is 0 Å². The van der Waals surface area contributed by atoms with E-state index in [9.17, 15) is 0 Å². The molecule has 0 aliphatic rings. The lowest BCUT2D eigenvalue weighted by Crippen LogP contribution is -1.96. The molecule has 0 atom stereocenters. The van der Waals surface area contributed by atoms with E-state index in [0.29, 0.717) is 0 Å². The highest BCUT2D eigenvalue weighted by Gasteiger charge is 2.19. The summed E-state index contributed by atoms with van der Waals surface area (Å²) in [6, 6.07) is 67.6. The molecule has 0 saturated heterocycles. The van der Waals surface area contributed by atoms with Gasteiger partial charge in [-0.05, 0) is 70.4 Å². The lowest BCUT2D eigenvalue weighted by molar-refractivity contribution is 1.17. The zero-order valence-corrected chi connectivity index (χ0v) is 30.3. The summed E-state index contributed by atoms with van der Waals surface area (Å²) < 4.78 is 4.82. The van der Waals surface area contributed by atoms with E-state index in [1.165, 1.54) is 60.0 Å². The lowest BCUT2D eigenvalue weighted by Gasteiger charge is -2.12. The molecule has 9 aromatic carbocycles. The number of nitrogens with zero attached hydrogens (tertiary/aromatic N) is 4. The Bertz CT molecular complexity index is 3480. The van der Waals surface area contributed by atoms with Gasteiger partial charge in [-0.15, -0.1) is 0 Å². The van der Waals surface area contributed by atoms with E-state index < -0.39 is 0 Å². The summed E-state index contributed by atoms with van der Waals surface area (Å²) in [6.45, 7) is 0. The minimum absolute atomic E-state index is 0.851. The normalized spacial score (nSPS) is 11.9. The summed E-state index contributed by atoms with van der Waals surface area (Å²) in [7, 11) is 0. The zero-order valence-electron chi connectivity index (χ0n) is 30.3. The Morgan fingerprint density at radius 2 is 0.804 bits per heavy atom. The standard InChI is InChI=1S/C52H32N4/c1-2-13-33(14-3-1)34-25-27-36(28-26-34)55-47-23-10-8-19-40(47)44-31-50-45(30-49(44)55)41-20-9-11-24-48(41)56(50)37-16-12-15-35(29-37)46-32-53-51-42-21-6-4-17-38(42)39-18-5-7-22-43(39)52(51)54-46/h1-32H. The molecule has 0 unspecified atom stereocenters. The minimum atomic E-state index is 0.851. The molecule has 12 rings (SSSR count). The van der Waals surface area contributed by atoms with Gasteiger partial charge in [-0.2, -0.15) is 0 Å². The zero-order chi connectivity index (χ0) is 36.7. The first-order valence-electron chi connectivity index (χ1n) is 19.1. The van der Waals surface area contributed by atoms with Crippen molar-refractivity contribution >= 4 is 76.2 Å². The molecule has 0 saturated carbocycles. The third-order valence-corrected chi connectivity index (χ3v) is 11.5. The Kier molecular flexibility index (Phi) is 6.60. The van der Waals surface area contributed by atoms with Crippen molar-refractivity contribution in [3.63, 3.8) is 0 Å². The molecule has 0 aliphatic carbocycles. The second-order valence-corrected chi connectivity index (χ2v) is 14.6. The minimum Gasteiger partial charge on any atom is -0.309 e. The van der Waals surface area contributed by atoms with Crippen LogP contribution in [-0.2, 0) is 0 Å². The fourth-order valence-corrected chi connectivity index (χ4v) is 8.99. The maximum atomic E-state index is 5.33. The average molecular weight is 713 g/mol. The van der Waals surface area contributed by atoms with Crippen LogP contribution in [0.2, 0.25) is 0 Å². The van der Waals surface area contributed by atoms with Crippen LogP contribution >= 0.6 is 0 Å². The molecule has 4 heteroatoms. The Hall–Kier alpha value is -7.56. The van der Waals surface area contributed by atoms with Gasteiger partial charge in [0.15, 0.2) is 0 Å². The molecule has 0 bridgehead atoms. The number of hydrogen-bond donors (Lipinski definition) is 0. The quantitative estimate of drug-likeness (QED) is 0.170. The van der Waals surface area contributed by atoms with Gasteiger partial charge in [-0.3, -0.25) is 4.98 Å². The molecule has 0 aliphatic heterocycles. The molecule has 12 aromatic rings. The number of fused-ring (bicyclic) bond motifs is 12. The molecule has 4 nitrogen and oxygen atoms in total. The fraction of sp³-hybridized carbons (Fsp3) is 0. The van der Waals surface area contributed by atoms with Crippen molar-refractivity contribution in [2.24, 2.45) is 0 Å². The van der Waals surface area contributed by atoms with E-state index in [-0.39, 0.29) is 0 Å². The summed E-state index contributed by atoms with van der Waals surface area (Å²) >= 11 is 0. The van der Waals surface area contributed by atoms with Gasteiger partial charge in [-0.1, -0.05) is 140 Å². The highest BCUT2D eigenvalue weighted by atomic mass is 15.0. The number of benzene rings is 9. The summed E-state index contributed by atoms with van der Waals surface area (Å²) in [5, 5.41) is 9.51. The topological polar surface area (TPSA) is 35.6 Å². The number of para-hydroxylation sites is 2. The third-order valence-electron chi connectivity index (χ3n) is 11.5. The van der Waals surface area contributed by atoms with Crippen molar-refractivity contribution < 1.29 is 0 Å². The second kappa shape index (κ2) is 12.0. The first kappa shape index (κ1) is 30.9. The Morgan fingerprint density at radius 3 is 1.45 bits per heavy atom. The van der Waals surface area contributed by atoms with Gasteiger partial charge in [0.05, 0.1) is 45.0 Å². The SMILES string of the molecule is c1ccc(-c2ccc(-n3c4ccccc4c4cc5c(cc43)c3ccccc3n5-c3cccc(-c4cnc5c6ccccc6c6ccccc6c5n4)c3)cc2)cc1. The van der Waals surface area contributed by atoms with Crippen LogP contribution in [0.5, 0.6) is 0 Å². The molecule has 0 spiro atoms. The Balaban J connectivity index is 1.06. The van der Waals surface area contributed by atoms with Gasteiger partial charge in [0, 0.05) is 49.3 Å². The molecular weight excluding hydrogens is 681 g/mol. The van der Waals surface area contributed by atoms with E-state index in [0.717, 1.165) is 50.0 Å². The highest BCUT2D eigenvalue weighted by Crippen LogP contribution is 2.41. The fourth-order valence-electron chi connectivity index (χ4n) is 8.99.